The summed E-state index contributed by atoms with van der Waals surface area (Å²) in [5.74, 6) is -2.63. The van der Waals surface area contributed by atoms with E-state index in [0.717, 1.165) is 5.56 Å². The molecule has 1 atom stereocenters. The highest BCUT2D eigenvalue weighted by Crippen LogP contribution is 2.21. The first-order valence-corrected chi connectivity index (χ1v) is 9.63. The molecule has 0 unspecified atom stereocenters. The summed E-state index contributed by atoms with van der Waals surface area (Å²) in [5, 5.41) is 0.482. The molecular weight excluding hydrogens is 410 g/mol. The maximum atomic E-state index is 12.2. The van der Waals surface area contributed by atoms with Crippen molar-refractivity contribution in [3.63, 3.8) is 0 Å². The average molecular weight is 430 g/mol. The fourth-order valence-electron chi connectivity index (χ4n) is 2.98. The number of benzene rings is 2. The zero-order valence-corrected chi connectivity index (χ0v) is 16.7. The Morgan fingerprint density at radius 3 is 2.43 bits per heavy atom. The third kappa shape index (κ3) is 5.81. The number of nitrogens with zero attached hydrogens (tertiary/aromatic N) is 1. The van der Waals surface area contributed by atoms with Gasteiger partial charge in [0.1, 0.15) is 0 Å². The fraction of sp³-hybridized carbons (Fsp3) is 0.238. The molecule has 8 nitrogen and oxygen atoms in total. The fourth-order valence-corrected chi connectivity index (χ4v) is 3.10. The lowest BCUT2D eigenvalue weighted by Gasteiger charge is -2.16. The molecule has 30 heavy (non-hydrogen) atoms. The summed E-state index contributed by atoms with van der Waals surface area (Å²) in [6.45, 7) is 0.0886. The van der Waals surface area contributed by atoms with Crippen molar-refractivity contribution in [3.8, 4) is 0 Å². The Balaban J connectivity index is 1.40. The molecule has 0 radical (unpaired) electrons. The van der Waals surface area contributed by atoms with E-state index in [1.165, 1.54) is 12.1 Å². The van der Waals surface area contributed by atoms with Crippen LogP contribution in [0, 0.1) is 5.92 Å². The van der Waals surface area contributed by atoms with E-state index in [4.69, 9.17) is 16.3 Å². The lowest BCUT2D eigenvalue weighted by molar-refractivity contribution is -0.152. The second kappa shape index (κ2) is 9.89. The van der Waals surface area contributed by atoms with Crippen LogP contribution in [0.1, 0.15) is 22.3 Å². The maximum Gasteiger partial charge on any atom is 0.311 e. The molecule has 1 aliphatic rings. The molecule has 1 heterocycles. The number of hydrazine groups is 1. The summed E-state index contributed by atoms with van der Waals surface area (Å²) in [6.07, 6.45) is 0.0423. The minimum Gasteiger partial charge on any atom is -0.455 e. The van der Waals surface area contributed by atoms with Crippen LogP contribution in [0.15, 0.2) is 54.6 Å². The van der Waals surface area contributed by atoms with E-state index in [1.54, 1.807) is 17.0 Å². The molecule has 3 amide bonds. The molecule has 2 N–H and O–H groups in total. The Morgan fingerprint density at radius 1 is 1.03 bits per heavy atom. The first-order chi connectivity index (χ1) is 14.4. The van der Waals surface area contributed by atoms with Gasteiger partial charge >= 0.3 is 5.97 Å². The number of carbonyl (C=O) groups is 4. The first-order valence-electron chi connectivity index (χ1n) is 9.25. The van der Waals surface area contributed by atoms with Crippen molar-refractivity contribution in [3.05, 3.63) is 70.7 Å². The molecule has 156 valence electrons. The lowest BCUT2D eigenvalue weighted by atomic mass is 10.1. The highest BCUT2D eigenvalue weighted by molar-refractivity contribution is 6.30. The van der Waals surface area contributed by atoms with Crippen LogP contribution >= 0.6 is 11.6 Å². The molecule has 1 aliphatic heterocycles. The van der Waals surface area contributed by atoms with E-state index >= 15 is 0 Å². The van der Waals surface area contributed by atoms with Crippen LogP contribution in [0.2, 0.25) is 5.02 Å². The van der Waals surface area contributed by atoms with Gasteiger partial charge in [0.15, 0.2) is 6.61 Å². The van der Waals surface area contributed by atoms with Gasteiger partial charge in [0.2, 0.25) is 5.91 Å². The number of nitrogens with one attached hydrogen (secondary N) is 2. The van der Waals surface area contributed by atoms with Gasteiger partial charge < -0.3 is 9.64 Å². The van der Waals surface area contributed by atoms with Crippen molar-refractivity contribution >= 4 is 35.3 Å². The van der Waals surface area contributed by atoms with E-state index in [-0.39, 0.29) is 18.9 Å². The van der Waals surface area contributed by atoms with Gasteiger partial charge in [0, 0.05) is 30.1 Å². The van der Waals surface area contributed by atoms with E-state index in [0.29, 0.717) is 17.1 Å². The molecule has 0 aromatic heterocycles. The number of rotatable bonds is 6. The Kier molecular flexibility index (Phi) is 7.03. The Morgan fingerprint density at radius 2 is 1.73 bits per heavy atom. The summed E-state index contributed by atoms with van der Waals surface area (Å²) >= 11 is 5.75. The second-order valence-corrected chi connectivity index (χ2v) is 7.21. The molecule has 0 aliphatic carbocycles. The molecule has 3 rings (SSSR count). The van der Waals surface area contributed by atoms with E-state index in [2.05, 4.69) is 10.9 Å². The topological polar surface area (TPSA) is 105 Å². The molecule has 1 fully saturated rings. The van der Waals surface area contributed by atoms with Gasteiger partial charge in [-0.1, -0.05) is 41.9 Å². The Bertz CT molecular complexity index is 933. The normalized spacial score (nSPS) is 15.6. The predicted molar refractivity (Wildman–Crippen MR) is 108 cm³/mol. The van der Waals surface area contributed by atoms with Crippen LogP contribution in [0.25, 0.3) is 0 Å². The average Bonchev–Trinajstić information content (AvgIpc) is 3.11. The zero-order chi connectivity index (χ0) is 21.5. The number of halogens is 1. The van der Waals surface area contributed by atoms with Crippen LogP contribution in [-0.2, 0) is 25.7 Å². The molecule has 0 saturated carbocycles. The summed E-state index contributed by atoms with van der Waals surface area (Å²) < 4.78 is 4.99. The van der Waals surface area contributed by atoms with Crippen LogP contribution < -0.4 is 10.9 Å². The largest absolute Gasteiger partial charge is 0.455 e. The monoisotopic (exact) mass is 429 g/mol. The van der Waals surface area contributed by atoms with Gasteiger partial charge in [-0.2, -0.15) is 0 Å². The number of ether oxygens (including phenoxy) is 1. The molecule has 2 aromatic rings. The van der Waals surface area contributed by atoms with E-state index < -0.39 is 30.3 Å². The molecule has 9 heteroatoms. The third-order valence-corrected chi connectivity index (χ3v) is 4.78. The van der Waals surface area contributed by atoms with Gasteiger partial charge in [0.05, 0.1) is 5.92 Å². The van der Waals surface area contributed by atoms with Crippen LogP contribution in [0.5, 0.6) is 0 Å². The standard InChI is InChI=1S/C21H20ClN3O5/c22-17-8-6-15(7-9-17)20(28)24-23-18(26)13-30-21(29)16-10-19(27)25(12-16)11-14-4-2-1-3-5-14/h1-9,16H,10-13H2,(H,23,26)(H,24,28)/t16-/m0/s1. The summed E-state index contributed by atoms with van der Waals surface area (Å²) in [5.41, 5.74) is 5.66. The first kappa shape index (κ1) is 21.3. The lowest BCUT2D eigenvalue weighted by Crippen LogP contribution is -2.43. The molecule has 1 saturated heterocycles. The number of carbonyl (C=O) groups excluding carboxylic acids is 4. The minimum absolute atomic E-state index is 0.0423. The van der Waals surface area contributed by atoms with Crippen LogP contribution in [-0.4, -0.2) is 41.7 Å². The number of likely N-dealkylation sites (tertiary alicyclic amines) is 1. The quantitative estimate of drug-likeness (QED) is 0.537. The predicted octanol–water partition coefficient (Wildman–Crippen LogP) is 1.69. The van der Waals surface area contributed by atoms with Gasteiger partial charge in [-0.3, -0.25) is 30.0 Å². The van der Waals surface area contributed by atoms with Crippen LogP contribution in [0.4, 0.5) is 0 Å². The summed E-state index contributed by atoms with van der Waals surface area (Å²) in [4.78, 5) is 49.7. The van der Waals surface area contributed by atoms with Crippen molar-refractivity contribution in [1.29, 1.82) is 0 Å². The highest BCUT2D eigenvalue weighted by Gasteiger charge is 2.35. The molecule has 0 bridgehead atoms. The van der Waals surface area contributed by atoms with Crippen molar-refractivity contribution in [2.24, 2.45) is 5.92 Å². The Labute approximate surface area is 178 Å². The van der Waals surface area contributed by atoms with Crippen molar-refractivity contribution in [2.45, 2.75) is 13.0 Å². The maximum absolute atomic E-state index is 12.2. The second-order valence-electron chi connectivity index (χ2n) is 6.78. The highest BCUT2D eigenvalue weighted by atomic mass is 35.5. The number of hydrogen-bond donors (Lipinski definition) is 2. The number of amides is 3. The summed E-state index contributed by atoms with van der Waals surface area (Å²) in [7, 11) is 0. The van der Waals surface area contributed by atoms with Gasteiger partial charge in [-0.15, -0.1) is 0 Å². The smallest absolute Gasteiger partial charge is 0.311 e. The molecular formula is C21H20ClN3O5. The molecule has 0 spiro atoms. The Hall–Kier alpha value is -3.39. The van der Waals surface area contributed by atoms with Crippen molar-refractivity contribution in [1.82, 2.24) is 15.8 Å². The minimum atomic E-state index is -0.698. The van der Waals surface area contributed by atoms with Gasteiger partial charge in [0.25, 0.3) is 11.8 Å². The van der Waals surface area contributed by atoms with E-state index in [9.17, 15) is 19.2 Å². The van der Waals surface area contributed by atoms with Crippen molar-refractivity contribution < 1.29 is 23.9 Å². The third-order valence-electron chi connectivity index (χ3n) is 4.53. The number of esters is 1. The van der Waals surface area contributed by atoms with Crippen molar-refractivity contribution in [2.75, 3.05) is 13.2 Å². The summed E-state index contributed by atoms with van der Waals surface area (Å²) in [6, 6.07) is 15.6. The van der Waals surface area contributed by atoms with Gasteiger partial charge in [-0.05, 0) is 29.8 Å². The number of hydrogen-bond acceptors (Lipinski definition) is 5. The van der Waals surface area contributed by atoms with Gasteiger partial charge in [-0.25, -0.2) is 0 Å². The van der Waals surface area contributed by atoms with Crippen LogP contribution in [0.3, 0.4) is 0 Å². The van der Waals surface area contributed by atoms with E-state index in [1.807, 2.05) is 30.3 Å². The SMILES string of the molecule is O=C(COC(=O)[C@H]1CC(=O)N(Cc2ccccc2)C1)NNC(=O)c1ccc(Cl)cc1. The molecule has 2 aromatic carbocycles. The zero-order valence-electron chi connectivity index (χ0n) is 16.0.